The van der Waals surface area contributed by atoms with E-state index in [2.05, 4.69) is 43.1 Å². The molecule has 2 aromatic rings. The maximum Gasteiger partial charge on any atom is 0.0642 e. The van der Waals surface area contributed by atoms with Gasteiger partial charge in [-0.25, -0.2) is 0 Å². The van der Waals surface area contributed by atoms with E-state index < -0.39 is 0 Å². The normalized spacial score (nSPS) is 10.6. The van der Waals surface area contributed by atoms with Gasteiger partial charge in [-0.2, -0.15) is 0 Å². The Bertz CT molecular complexity index is 564. The molecule has 0 aliphatic heterocycles. The lowest BCUT2D eigenvalue weighted by Crippen LogP contribution is -2.17. The topological polar surface area (TPSA) is 29.3 Å². The zero-order valence-corrected chi connectivity index (χ0v) is 12.8. The molecule has 0 aromatic heterocycles. The molecular weight excluding hydrogens is 268 g/mol. The number of benzene rings is 2. The Kier molecular flexibility index (Phi) is 5.05. The number of rotatable bonds is 5. The Labute approximate surface area is 126 Å². The highest BCUT2D eigenvalue weighted by Gasteiger charge is 2.07. The molecule has 0 unspecified atom stereocenters. The number of aryl methyl sites for hydroxylation is 1. The molecule has 0 spiro atoms. The van der Waals surface area contributed by atoms with E-state index in [0.717, 1.165) is 29.2 Å². The van der Waals surface area contributed by atoms with E-state index in [1.54, 1.807) is 0 Å². The summed E-state index contributed by atoms with van der Waals surface area (Å²) >= 11 is 6.32. The quantitative estimate of drug-likeness (QED) is 0.901. The van der Waals surface area contributed by atoms with Gasteiger partial charge in [0.1, 0.15) is 0 Å². The van der Waals surface area contributed by atoms with Crippen molar-refractivity contribution in [3.63, 3.8) is 0 Å². The van der Waals surface area contributed by atoms with Crippen LogP contribution in [0.4, 0.5) is 5.69 Å². The molecule has 0 radical (unpaired) electrons. The molecule has 2 N–H and O–H groups in total. The lowest BCUT2D eigenvalue weighted by molar-refractivity contribution is 0.919. The van der Waals surface area contributed by atoms with Crippen LogP contribution in [0, 0.1) is 0 Å². The Balaban J connectivity index is 2.12. The van der Waals surface area contributed by atoms with Gasteiger partial charge in [-0.3, -0.25) is 0 Å². The van der Waals surface area contributed by atoms with Crippen LogP contribution in [0.15, 0.2) is 42.5 Å². The van der Waals surface area contributed by atoms with E-state index >= 15 is 0 Å². The lowest BCUT2D eigenvalue weighted by atomic mass is 10.1. The number of anilines is 1. The lowest BCUT2D eigenvalue weighted by Gasteiger charge is -2.21. The van der Waals surface area contributed by atoms with Crippen molar-refractivity contribution in [2.45, 2.75) is 26.4 Å². The minimum atomic E-state index is 0.516. The highest BCUT2D eigenvalue weighted by atomic mass is 35.5. The molecule has 2 nitrogen and oxygen atoms in total. The van der Waals surface area contributed by atoms with Gasteiger partial charge in [-0.1, -0.05) is 48.9 Å². The van der Waals surface area contributed by atoms with Crippen molar-refractivity contribution in [3.8, 4) is 0 Å². The van der Waals surface area contributed by atoms with Crippen LogP contribution in [-0.4, -0.2) is 7.05 Å². The Morgan fingerprint density at radius 1 is 1.00 bits per heavy atom. The summed E-state index contributed by atoms with van der Waals surface area (Å²) in [6.07, 6.45) is 1.07. The van der Waals surface area contributed by atoms with Gasteiger partial charge >= 0.3 is 0 Å². The molecular formula is C17H21ClN2. The van der Waals surface area contributed by atoms with E-state index in [-0.39, 0.29) is 0 Å². The van der Waals surface area contributed by atoms with Crippen LogP contribution in [-0.2, 0) is 19.5 Å². The van der Waals surface area contributed by atoms with E-state index in [1.807, 2.05) is 18.2 Å². The molecule has 106 valence electrons. The van der Waals surface area contributed by atoms with Crippen LogP contribution in [0.2, 0.25) is 5.02 Å². The zero-order valence-electron chi connectivity index (χ0n) is 12.1. The second kappa shape index (κ2) is 6.78. The van der Waals surface area contributed by atoms with Crippen molar-refractivity contribution < 1.29 is 0 Å². The number of halogens is 1. The fourth-order valence-corrected chi connectivity index (χ4v) is 2.57. The van der Waals surface area contributed by atoms with Crippen LogP contribution < -0.4 is 10.6 Å². The van der Waals surface area contributed by atoms with Crippen molar-refractivity contribution >= 4 is 17.3 Å². The first-order valence-electron chi connectivity index (χ1n) is 6.91. The van der Waals surface area contributed by atoms with Gasteiger partial charge in [0, 0.05) is 20.1 Å². The average Bonchev–Trinajstić information content (AvgIpc) is 2.47. The summed E-state index contributed by atoms with van der Waals surface area (Å²) in [4.78, 5) is 2.16. The summed E-state index contributed by atoms with van der Waals surface area (Å²) in [7, 11) is 2.05. The van der Waals surface area contributed by atoms with Gasteiger partial charge in [0.15, 0.2) is 0 Å². The smallest absolute Gasteiger partial charge is 0.0642 e. The summed E-state index contributed by atoms with van der Waals surface area (Å²) in [6.45, 7) is 3.52. The van der Waals surface area contributed by atoms with E-state index in [1.165, 1.54) is 11.1 Å². The van der Waals surface area contributed by atoms with Crippen molar-refractivity contribution in [1.29, 1.82) is 0 Å². The SMILES string of the molecule is CCc1ccc(CN(C)c2ccc(CN)cc2Cl)cc1. The Morgan fingerprint density at radius 3 is 2.15 bits per heavy atom. The number of hydrogen-bond donors (Lipinski definition) is 1. The molecule has 0 fully saturated rings. The van der Waals surface area contributed by atoms with E-state index in [4.69, 9.17) is 17.3 Å². The minimum Gasteiger partial charge on any atom is -0.369 e. The van der Waals surface area contributed by atoms with Gasteiger partial charge in [0.2, 0.25) is 0 Å². The molecule has 0 aliphatic rings. The number of nitrogens with two attached hydrogens (primary N) is 1. The van der Waals surface area contributed by atoms with E-state index in [0.29, 0.717) is 6.54 Å². The summed E-state index contributed by atoms with van der Waals surface area (Å²) in [6, 6.07) is 14.7. The summed E-state index contributed by atoms with van der Waals surface area (Å²) < 4.78 is 0. The number of hydrogen-bond acceptors (Lipinski definition) is 2. The van der Waals surface area contributed by atoms with Crippen LogP contribution in [0.1, 0.15) is 23.6 Å². The molecule has 2 rings (SSSR count). The summed E-state index contributed by atoms with van der Waals surface area (Å²) in [5, 5.41) is 0.751. The molecule has 2 aromatic carbocycles. The van der Waals surface area contributed by atoms with E-state index in [9.17, 15) is 0 Å². The van der Waals surface area contributed by atoms with Crippen molar-refractivity contribution in [2.24, 2.45) is 5.73 Å². The van der Waals surface area contributed by atoms with Crippen LogP contribution >= 0.6 is 11.6 Å². The average molecular weight is 289 g/mol. The van der Waals surface area contributed by atoms with Crippen molar-refractivity contribution in [3.05, 3.63) is 64.2 Å². The Morgan fingerprint density at radius 2 is 1.60 bits per heavy atom. The van der Waals surface area contributed by atoms with Gasteiger partial charge in [-0.05, 0) is 35.2 Å². The third-order valence-electron chi connectivity index (χ3n) is 3.51. The van der Waals surface area contributed by atoms with Crippen molar-refractivity contribution in [2.75, 3.05) is 11.9 Å². The van der Waals surface area contributed by atoms with Gasteiger partial charge in [-0.15, -0.1) is 0 Å². The second-order valence-corrected chi connectivity index (χ2v) is 5.42. The molecule has 0 heterocycles. The Hall–Kier alpha value is -1.51. The summed E-state index contributed by atoms with van der Waals surface area (Å²) in [5.74, 6) is 0. The maximum absolute atomic E-state index is 6.32. The maximum atomic E-state index is 6.32. The fourth-order valence-electron chi connectivity index (χ4n) is 2.23. The molecule has 0 amide bonds. The first kappa shape index (κ1) is 14.9. The van der Waals surface area contributed by atoms with Gasteiger partial charge < -0.3 is 10.6 Å². The number of nitrogens with zero attached hydrogens (tertiary/aromatic N) is 1. The van der Waals surface area contributed by atoms with Crippen LogP contribution in [0.3, 0.4) is 0 Å². The molecule has 0 aliphatic carbocycles. The second-order valence-electron chi connectivity index (χ2n) is 5.02. The highest BCUT2D eigenvalue weighted by Crippen LogP contribution is 2.27. The molecule has 0 saturated heterocycles. The van der Waals surface area contributed by atoms with Crippen LogP contribution in [0.25, 0.3) is 0 Å². The van der Waals surface area contributed by atoms with Gasteiger partial charge in [0.05, 0.1) is 10.7 Å². The summed E-state index contributed by atoms with van der Waals surface area (Å²) in [5.41, 5.74) is 10.4. The minimum absolute atomic E-state index is 0.516. The van der Waals surface area contributed by atoms with Gasteiger partial charge in [0.25, 0.3) is 0 Å². The monoisotopic (exact) mass is 288 g/mol. The fraction of sp³-hybridized carbons (Fsp3) is 0.294. The zero-order chi connectivity index (χ0) is 14.5. The van der Waals surface area contributed by atoms with Crippen LogP contribution in [0.5, 0.6) is 0 Å². The third kappa shape index (κ3) is 3.53. The highest BCUT2D eigenvalue weighted by molar-refractivity contribution is 6.33. The third-order valence-corrected chi connectivity index (χ3v) is 3.81. The molecule has 0 saturated carbocycles. The molecule has 3 heteroatoms. The predicted octanol–water partition coefficient (Wildman–Crippen LogP) is 4.00. The largest absolute Gasteiger partial charge is 0.369 e. The van der Waals surface area contributed by atoms with Crippen molar-refractivity contribution in [1.82, 2.24) is 0 Å². The predicted molar refractivity (Wildman–Crippen MR) is 87.3 cm³/mol. The molecule has 0 bridgehead atoms. The molecule has 0 atom stereocenters. The standard InChI is InChI=1S/C17H21ClN2/c1-3-13-4-6-14(7-5-13)12-20(2)17-9-8-15(11-19)10-16(17)18/h4-10H,3,11-12,19H2,1-2H3. The molecule has 20 heavy (non-hydrogen) atoms. The first-order chi connectivity index (χ1) is 9.63. The first-order valence-corrected chi connectivity index (χ1v) is 7.29.